The zero-order valence-electron chi connectivity index (χ0n) is 9.84. The van der Waals surface area contributed by atoms with Crippen molar-refractivity contribution in [3.05, 3.63) is 10.6 Å². The van der Waals surface area contributed by atoms with E-state index in [9.17, 15) is 0 Å². The first kappa shape index (κ1) is 10.9. The fraction of sp³-hybridized carbons (Fsp3) is 0.750. The van der Waals surface area contributed by atoms with Crippen molar-refractivity contribution in [2.45, 2.75) is 52.5 Å². The summed E-state index contributed by atoms with van der Waals surface area (Å²) in [5.41, 5.74) is 1.35. The Hall–Kier alpha value is -0.570. The molecule has 1 unspecified atom stereocenters. The monoisotopic (exact) mass is 224 g/mol. The molecule has 2 rings (SSSR count). The van der Waals surface area contributed by atoms with Crippen LogP contribution in [0.25, 0.3) is 0 Å². The largest absolute Gasteiger partial charge is 0.359 e. The zero-order valence-corrected chi connectivity index (χ0v) is 10.7. The van der Waals surface area contributed by atoms with Crippen LogP contribution in [0.15, 0.2) is 0 Å². The fourth-order valence-electron chi connectivity index (χ4n) is 2.10. The van der Waals surface area contributed by atoms with E-state index in [1.54, 1.807) is 0 Å². The van der Waals surface area contributed by atoms with E-state index in [1.165, 1.54) is 36.3 Å². The molecule has 0 aromatic carbocycles. The molecule has 1 atom stereocenters. The number of aromatic nitrogens is 1. The highest BCUT2D eigenvalue weighted by atomic mass is 32.1. The zero-order chi connectivity index (χ0) is 10.8. The maximum absolute atomic E-state index is 4.67. The summed E-state index contributed by atoms with van der Waals surface area (Å²) in [6.07, 6.45) is 5.08. The molecule has 0 bridgehead atoms. The second-order valence-electron chi connectivity index (χ2n) is 4.70. The Balaban J connectivity index is 2.11. The molecule has 1 aliphatic rings. The molecule has 3 heteroatoms. The smallest absolute Gasteiger partial charge is 0.183 e. The minimum Gasteiger partial charge on any atom is -0.359 e. The number of hydrogen-bond acceptors (Lipinski definition) is 3. The lowest BCUT2D eigenvalue weighted by Gasteiger charge is -2.18. The quantitative estimate of drug-likeness (QED) is 0.850. The molecular formula is C12H20N2S. The van der Waals surface area contributed by atoms with E-state index < -0.39 is 0 Å². The summed E-state index contributed by atoms with van der Waals surface area (Å²) >= 11 is 1.86. The second kappa shape index (κ2) is 4.52. The lowest BCUT2D eigenvalue weighted by Crippen LogP contribution is -2.12. The Labute approximate surface area is 96.1 Å². The highest BCUT2D eigenvalue weighted by Crippen LogP contribution is 2.33. The number of nitrogens with one attached hydrogen (secondary N) is 1. The summed E-state index contributed by atoms with van der Waals surface area (Å²) in [5.74, 6) is 0.893. The molecule has 0 aliphatic heterocycles. The lowest BCUT2D eigenvalue weighted by atomic mass is 9.89. The van der Waals surface area contributed by atoms with Crippen LogP contribution < -0.4 is 5.32 Å². The normalized spacial score (nSPS) is 20.4. The second-order valence-corrected chi connectivity index (χ2v) is 5.79. The first-order chi connectivity index (χ1) is 7.19. The Kier molecular flexibility index (Phi) is 3.29. The third kappa shape index (κ3) is 2.51. The van der Waals surface area contributed by atoms with Gasteiger partial charge in [0.2, 0.25) is 0 Å². The van der Waals surface area contributed by atoms with Gasteiger partial charge >= 0.3 is 0 Å². The van der Waals surface area contributed by atoms with Gasteiger partial charge in [0, 0.05) is 10.9 Å². The molecule has 0 saturated carbocycles. The molecule has 1 aromatic heterocycles. The van der Waals surface area contributed by atoms with Crippen LogP contribution in [0, 0.1) is 5.92 Å². The number of nitrogens with zero attached hydrogens (tertiary/aromatic N) is 1. The summed E-state index contributed by atoms with van der Waals surface area (Å²) in [6.45, 7) is 6.62. The maximum Gasteiger partial charge on any atom is 0.183 e. The molecule has 0 fully saturated rings. The number of thiazole rings is 1. The van der Waals surface area contributed by atoms with Gasteiger partial charge in [0.25, 0.3) is 0 Å². The minimum atomic E-state index is 0.486. The van der Waals surface area contributed by atoms with Gasteiger partial charge in [-0.1, -0.05) is 13.3 Å². The van der Waals surface area contributed by atoms with Crippen molar-refractivity contribution >= 4 is 16.5 Å². The van der Waals surface area contributed by atoms with Crippen LogP contribution in [0.5, 0.6) is 0 Å². The van der Waals surface area contributed by atoms with Gasteiger partial charge in [-0.25, -0.2) is 4.98 Å². The Bertz CT molecular complexity index is 330. The van der Waals surface area contributed by atoms with Crippen molar-refractivity contribution in [3.63, 3.8) is 0 Å². The van der Waals surface area contributed by atoms with Crippen LogP contribution in [0.2, 0.25) is 0 Å². The molecule has 1 aromatic rings. The van der Waals surface area contributed by atoms with Gasteiger partial charge in [-0.05, 0) is 39.0 Å². The van der Waals surface area contributed by atoms with Crippen molar-refractivity contribution in [2.24, 2.45) is 5.92 Å². The minimum absolute atomic E-state index is 0.486. The first-order valence-corrected chi connectivity index (χ1v) is 6.75. The molecule has 0 saturated heterocycles. The van der Waals surface area contributed by atoms with E-state index in [0.717, 1.165) is 11.0 Å². The van der Waals surface area contributed by atoms with E-state index in [4.69, 9.17) is 0 Å². The average Bonchev–Trinajstić information content (AvgIpc) is 2.57. The van der Waals surface area contributed by atoms with E-state index in [2.05, 4.69) is 31.1 Å². The van der Waals surface area contributed by atoms with Gasteiger partial charge in [0.05, 0.1) is 5.69 Å². The van der Waals surface area contributed by atoms with Crippen LogP contribution in [-0.4, -0.2) is 11.0 Å². The number of anilines is 1. The van der Waals surface area contributed by atoms with Crippen LogP contribution in [0.4, 0.5) is 5.13 Å². The third-order valence-corrected chi connectivity index (χ3v) is 4.08. The van der Waals surface area contributed by atoms with Crippen molar-refractivity contribution in [3.8, 4) is 0 Å². The molecule has 2 nitrogen and oxygen atoms in total. The van der Waals surface area contributed by atoms with Gasteiger partial charge in [-0.3, -0.25) is 0 Å². The number of aryl methyl sites for hydroxylation is 1. The van der Waals surface area contributed by atoms with Gasteiger partial charge in [-0.15, -0.1) is 11.3 Å². The summed E-state index contributed by atoms with van der Waals surface area (Å²) < 4.78 is 0. The highest BCUT2D eigenvalue weighted by molar-refractivity contribution is 7.15. The third-order valence-electron chi connectivity index (χ3n) is 3.03. The molecule has 84 valence electrons. The first-order valence-electron chi connectivity index (χ1n) is 5.94. The predicted molar refractivity (Wildman–Crippen MR) is 66.7 cm³/mol. The van der Waals surface area contributed by atoms with Gasteiger partial charge < -0.3 is 5.32 Å². The topological polar surface area (TPSA) is 24.9 Å². The van der Waals surface area contributed by atoms with E-state index >= 15 is 0 Å². The number of rotatable bonds is 3. The Morgan fingerprint density at radius 3 is 3.00 bits per heavy atom. The molecule has 1 N–H and O–H groups in total. The van der Waals surface area contributed by atoms with Crippen molar-refractivity contribution in [1.82, 2.24) is 4.98 Å². The summed E-state index contributed by atoms with van der Waals surface area (Å²) in [6, 6.07) is 0.486. The molecule has 0 radical (unpaired) electrons. The van der Waals surface area contributed by atoms with E-state index in [1.807, 2.05) is 11.3 Å². The van der Waals surface area contributed by atoms with Crippen molar-refractivity contribution < 1.29 is 0 Å². The summed E-state index contributed by atoms with van der Waals surface area (Å²) in [5, 5.41) is 4.52. The Morgan fingerprint density at radius 1 is 1.53 bits per heavy atom. The SMILES string of the molecule is CCC1CCc2nc(NC(C)C)sc2C1. The Morgan fingerprint density at radius 2 is 2.33 bits per heavy atom. The maximum atomic E-state index is 4.67. The number of hydrogen-bond donors (Lipinski definition) is 1. The van der Waals surface area contributed by atoms with Crippen LogP contribution >= 0.6 is 11.3 Å². The number of fused-ring (bicyclic) bond motifs is 1. The van der Waals surface area contributed by atoms with Crippen LogP contribution in [0.1, 0.15) is 44.2 Å². The fourth-order valence-corrected chi connectivity index (χ4v) is 3.37. The highest BCUT2D eigenvalue weighted by Gasteiger charge is 2.21. The van der Waals surface area contributed by atoms with Gasteiger partial charge in [0.1, 0.15) is 0 Å². The van der Waals surface area contributed by atoms with Gasteiger partial charge in [-0.2, -0.15) is 0 Å². The standard InChI is InChI=1S/C12H20N2S/c1-4-9-5-6-10-11(7-9)15-12(14-10)13-8(2)3/h8-9H,4-7H2,1-3H3,(H,13,14). The van der Waals surface area contributed by atoms with Gasteiger partial charge in [0.15, 0.2) is 5.13 Å². The van der Waals surface area contributed by atoms with Crippen LogP contribution in [-0.2, 0) is 12.8 Å². The van der Waals surface area contributed by atoms with Crippen LogP contribution in [0.3, 0.4) is 0 Å². The molecule has 1 heterocycles. The van der Waals surface area contributed by atoms with Crippen molar-refractivity contribution in [2.75, 3.05) is 5.32 Å². The predicted octanol–water partition coefficient (Wildman–Crippen LogP) is 3.48. The molecule has 0 spiro atoms. The summed E-state index contributed by atoms with van der Waals surface area (Å²) in [7, 11) is 0. The van der Waals surface area contributed by atoms with E-state index in [0.29, 0.717) is 6.04 Å². The molecule has 0 amide bonds. The molecule has 1 aliphatic carbocycles. The van der Waals surface area contributed by atoms with Crippen molar-refractivity contribution in [1.29, 1.82) is 0 Å². The molecule has 15 heavy (non-hydrogen) atoms. The summed E-state index contributed by atoms with van der Waals surface area (Å²) in [4.78, 5) is 6.19. The molecular weight excluding hydrogens is 204 g/mol. The lowest BCUT2D eigenvalue weighted by molar-refractivity contribution is 0.446. The van der Waals surface area contributed by atoms with E-state index in [-0.39, 0.29) is 0 Å². The average molecular weight is 224 g/mol.